The molecule has 1 aliphatic rings. The predicted octanol–water partition coefficient (Wildman–Crippen LogP) is 3.73. The highest BCUT2D eigenvalue weighted by Crippen LogP contribution is 2.36. The van der Waals surface area contributed by atoms with Gasteiger partial charge in [-0.05, 0) is 66.1 Å². The van der Waals surface area contributed by atoms with Crippen LogP contribution in [-0.2, 0) is 5.54 Å². The van der Waals surface area contributed by atoms with Crippen LogP contribution in [0, 0.1) is 0 Å². The van der Waals surface area contributed by atoms with Gasteiger partial charge in [0.05, 0.1) is 6.04 Å². The first-order valence-corrected chi connectivity index (χ1v) is 7.99. The summed E-state index contributed by atoms with van der Waals surface area (Å²) in [5.41, 5.74) is 2.01. The molecule has 2 aromatic heterocycles. The summed E-state index contributed by atoms with van der Waals surface area (Å²) in [5, 5.41) is 0. The van der Waals surface area contributed by atoms with Crippen molar-refractivity contribution in [3.63, 3.8) is 0 Å². The molecule has 0 amide bonds. The van der Waals surface area contributed by atoms with E-state index < -0.39 is 0 Å². The molecule has 0 radical (unpaired) electrons. The highest BCUT2D eigenvalue weighted by molar-refractivity contribution is 5.71. The molecule has 1 saturated heterocycles. The van der Waals surface area contributed by atoms with Gasteiger partial charge in [0.2, 0.25) is 0 Å². The Kier molecular flexibility index (Phi) is 3.52. The zero-order chi connectivity index (χ0) is 15.2. The summed E-state index contributed by atoms with van der Waals surface area (Å²) in [6, 6.07) is 5.01. The number of rotatable bonds is 2. The van der Waals surface area contributed by atoms with Gasteiger partial charge in [0, 0.05) is 17.8 Å². The minimum absolute atomic E-state index is 0.0102. The van der Waals surface area contributed by atoms with Crippen molar-refractivity contribution in [2.24, 2.45) is 0 Å². The molecule has 114 valence electrons. The van der Waals surface area contributed by atoms with Crippen molar-refractivity contribution in [2.45, 2.75) is 65.1 Å². The van der Waals surface area contributed by atoms with Gasteiger partial charge in [-0.15, -0.1) is 0 Å². The molecule has 0 aliphatic carbocycles. The van der Waals surface area contributed by atoms with E-state index in [4.69, 9.17) is 4.98 Å². The maximum atomic E-state index is 4.95. The summed E-state index contributed by atoms with van der Waals surface area (Å²) < 4.78 is 2.34. The Morgan fingerprint density at radius 3 is 2.71 bits per heavy atom. The molecule has 3 heterocycles. The first-order valence-electron chi connectivity index (χ1n) is 7.99. The summed E-state index contributed by atoms with van der Waals surface area (Å²) in [7, 11) is 0. The largest absolute Gasteiger partial charge is 0.306 e. The fraction of sp³-hybridized carbons (Fsp3) is 0.647. The Balaban J connectivity index is 2.18. The number of pyridine rings is 1. The lowest BCUT2D eigenvalue weighted by Crippen LogP contribution is -2.34. The van der Waals surface area contributed by atoms with Gasteiger partial charge >= 0.3 is 0 Å². The van der Waals surface area contributed by atoms with Gasteiger partial charge in [-0.3, -0.25) is 4.90 Å². The monoisotopic (exact) mass is 286 g/mol. The summed E-state index contributed by atoms with van der Waals surface area (Å²) in [6.07, 6.45) is 4.31. The molecular weight excluding hydrogens is 260 g/mol. The molecular formula is C17H26N4. The van der Waals surface area contributed by atoms with Crippen LogP contribution in [0.15, 0.2) is 18.3 Å². The Labute approximate surface area is 127 Å². The molecule has 4 nitrogen and oxygen atoms in total. The van der Waals surface area contributed by atoms with Crippen molar-refractivity contribution in [2.75, 3.05) is 6.54 Å². The average molecular weight is 286 g/mol. The molecule has 1 aliphatic heterocycles. The minimum Gasteiger partial charge on any atom is -0.306 e. The van der Waals surface area contributed by atoms with Gasteiger partial charge < -0.3 is 4.57 Å². The third-order valence-electron chi connectivity index (χ3n) is 4.37. The zero-order valence-corrected chi connectivity index (χ0v) is 13.8. The molecule has 1 fully saturated rings. The lowest BCUT2D eigenvalue weighted by Gasteiger charge is -2.31. The Morgan fingerprint density at radius 2 is 2.05 bits per heavy atom. The van der Waals surface area contributed by atoms with Crippen LogP contribution < -0.4 is 0 Å². The Hall–Kier alpha value is -1.42. The van der Waals surface area contributed by atoms with Crippen LogP contribution in [0.1, 0.15) is 59.3 Å². The van der Waals surface area contributed by atoms with Crippen LogP contribution in [0.25, 0.3) is 11.2 Å². The van der Waals surface area contributed by atoms with Gasteiger partial charge in [0.15, 0.2) is 5.65 Å². The van der Waals surface area contributed by atoms with E-state index in [0.717, 1.165) is 11.2 Å². The van der Waals surface area contributed by atoms with Crippen LogP contribution in [0.4, 0.5) is 0 Å². The third-order valence-corrected chi connectivity index (χ3v) is 4.37. The van der Waals surface area contributed by atoms with Gasteiger partial charge in [-0.1, -0.05) is 0 Å². The smallest absolute Gasteiger partial charge is 0.160 e. The molecule has 1 atom stereocenters. The third kappa shape index (κ3) is 2.46. The predicted molar refractivity (Wildman–Crippen MR) is 86.3 cm³/mol. The van der Waals surface area contributed by atoms with E-state index in [1.54, 1.807) is 0 Å². The minimum atomic E-state index is -0.0102. The normalized spacial score (nSPS) is 20.8. The number of hydrogen-bond acceptors (Lipinski definition) is 3. The first-order chi connectivity index (χ1) is 9.89. The number of hydrogen-bond donors (Lipinski definition) is 0. The van der Waals surface area contributed by atoms with Crippen molar-refractivity contribution in [1.82, 2.24) is 19.4 Å². The summed E-state index contributed by atoms with van der Waals surface area (Å²) in [5.74, 6) is 1.18. The molecule has 4 heteroatoms. The molecule has 0 saturated carbocycles. The van der Waals surface area contributed by atoms with Gasteiger partial charge in [-0.2, -0.15) is 0 Å². The van der Waals surface area contributed by atoms with Crippen LogP contribution in [0.2, 0.25) is 0 Å². The van der Waals surface area contributed by atoms with Crippen LogP contribution in [0.5, 0.6) is 0 Å². The van der Waals surface area contributed by atoms with Crippen LogP contribution in [-0.4, -0.2) is 32.0 Å². The Morgan fingerprint density at radius 1 is 1.29 bits per heavy atom. The number of imidazole rings is 1. The van der Waals surface area contributed by atoms with Gasteiger partial charge in [0.25, 0.3) is 0 Å². The Bertz CT molecular complexity index is 636. The first kappa shape index (κ1) is 14.5. The fourth-order valence-corrected chi connectivity index (χ4v) is 3.50. The lowest BCUT2D eigenvalue weighted by molar-refractivity contribution is 0.189. The van der Waals surface area contributed by atoms with Crippen molar-refractivity contribution in [1.29, 1.82) is 0 Å². The lowest BCUT2D eigenvalue weighted by atomic mass is 10.1. The van der Waals surface area contributed by atoms with Crippen molar-refractivity contribution in [3.8, 4) is 0 Å². The van der Waals surface area contributed by atoms with Crippen molar-refractivity contribution in [3.05, 3.63) is 24.2 Å². The average Bonchev–Trinajstić information content (AvgIpc) is 3.01. The number of fused-ring (bicyclic) bond motifs is 1. The molecule has 1 unspecified atom stereocenters. The van der Waals surface area contributed by atoms with Crippen molar-refractivity contribution < 1.29 is 0 Å². The zero-order valence-electron chi connectivity index (χ0n) is 13.8. The van der Waals surface area contributed by atoms with Crippen LogP contribution >= 0.6 is 0 Å². The summed E-state index contributed by atoms with van der Waals surface area (Å²) >= 11 is 0. The SMILES string of the molecule is CC(C)N1CCCC1c1nc2cccnc2n1C(C)(C)C. The highest BCUT2D eigenvalue weighted by atomic mass is 15.3. The summed E-state index contributed by atoms with van der Waals surface area (Å²) in [4.78, 5) is 12.1. The second-order valence-electron chi connectivity index (χ2n) is 7.31. The molecule has 0 N–H and O–H groups in total. The molecule has 0 aromatic carbocycles. The van der Waals surface area contributed by atoms with Gasteiger partial charge in [0.1, 0.15) is 11.3 Å². The topological polar surface area (TPSA) is 34.0 Å². The van der Waals surface area contributed by atoms with Crippen molar-refractivity contribution >= 4 is 11.2 Å². The van der Waals surface area contributed by atoms with Gasteiger partial charge in [-0.25, -0.2) is 9.97 Å². The molecule has 0 bridgehead atoms. The standard InChI is InChI=1S/C17H26N4/c1-12(2)20-11-7-9-14(20)16-19-13-8-6-10-18-15(13)21(16)17(3,4)5/h6,8,10,12,14H,7,9,11H2,1-5H3. The molecule has 0 spiro atoms. The van der Waals surface area contributed by atoms with E-state index >= 15 is 0 Å². The van der Waals surface area contributed by atoms with E-state index in [0.29, 0.717) is 12.1 Å². The van der Waals surface area contributed by atoms with Crippen LogP contribution in [0.3, 0.4) is 0 Å². The molecule has 3 rings (SSSR count). The number of likely N-dealkylation sites (tertiary alicyclic amines) is 1. The number of aromatic nitrogens is 3. The maximum absolute atomic E-state index is 4.95. The highest BCUT2D eigenvalue weighted by Gasteiger charge is 2.34. The fourth-order valence-electron chi connectivity index (χ4n) is 3.50. The molecule has 2 aromatic rings. The van der Waals surface area contributed by atoms with E-state index in [-0.39, 0.29) is 5.54 Å². The molecule has 21 heavy (non-hydrogen) atoms. The van der Waals surface area contributed by atoms with E-state index in [1.165, 1.54) is 25.2 Å². The maximum Gasteiger partial charge on any atom is 0.160 e. The van der Waals surface area contributed by atoms with E-state index in [9.17, 15) is 0 Å². The van der Waals surface area contributed by atoms with E-state index in [1.807, 2.05) is 12.3 Å². The van der Waals surface area contributed by atoms with E-state index in [2.05, 4.69) is 55.1 Å². The number of nitrogens with zero attached hydrogens (tertiary/aromatic N) is 4. The summed E-state index contributed by atoms with van der Waals surface area (Å²) in [6.45, 7) is 12.4. The second kappa shape index (κ2) is 5.09. The second-order valence-corrected chi connectivity index (χ2v) is 7.31. The quantitative estimate of drug-likeness (QED) is 0.843.